The molecule has 0 heterocycles. The first-order chi connectivity index (χ1) is 14.0. The average molecular weight is 401 g/mol. The van der Waals surface area contributed by atoms with Crippen molar-refractivity contribution >= 4 is 5.91 Å². The summed E-state index contributed by atoms with van der Waals surface area (Å²) >= 11 is 0. The van der Waals surface area contributed by atoms with Crippen molar-refractivity contribution in [3.63, 3.8) is 0 Å². The number of carbonyl (C=O) groups is 1. The summed E-state index contributed by atoms with van der Waals surface area (Å²) in [6, 6.07) is 15.6. The van der Waals surface area contributed by atoms with Gasteiger partial charge >= 0.3 is 0 Å². The Hall–Kier alpha value is -2.73. The van der Waals surface area contributed by atoms with Crippen molar-refractivity contribution in [2.75, 3.05) is 40.5 Å². The Labute approximate surface area is 173 Å². The van der Waals surface area contributed by atoms with Crippen LogP contribution < -0.4 is 19.5 Å². The highest BCUT2D eigenvalue weighted by Gasteiger charge is 2.13. The van der Waals surface area contributed by atoms with E-state index in [-0.39, 0.29) is 5.91 Å². The second-order valence-electron chi connectivity index (χ2n) is 7.26. The molecule has 0 aliphatic rings. The van der Waals surface area contributed by atoms with Gasteiger partial charge in [-0.1, -0.05) is 44.2 Å². The maximum Gasteiger partial charge on any atom is 0.234 e. The molecule has 0 fully saturated rings. The Bertz CT molecular complexity index is 750. The Kier molecular flexibility index (Phi) is 9.31. The van der Waals surface area contributed by atoms with Crippen LogP contribution in [0, 0.1) is 5.92 Å². The third-order valence-electron chi connectivity index (χ3n) is 4.35. The highest BCUT2D eigenvalue weighted by Crippen LogP contribution is 2.30. The van der Waals surface area contributed by atoms with E-state index in [1.54, 1.807) is 20.3 Å². The van der Waals surface area contributed by atoms with Crippen LogP contribution in [0.4, 0.5) is 0 Å². The lowest BCUT2D eigenvalue weighted by Crippen LogP contribution is -2.39. The summed E-state index contributed by atoms with van der Waals surface area (Å²) in [5.41, 5.74) is 1.16. The van der Waals surface area contributed by atoms with Crippen LogP contribution in [0.5, 0.6) is 17.2 Å². The van der Waals surface area contributed by atoms with Crippen LogP contribution in [0.2, 0.25) is 0 Å². The molecule has 0 spiro atoms. The molecule has 2 aromatic rings. The third-order valence-corrected chi connectivity index (χ3v) is 4.35. The number of nitrogens with one attached hydrogen (secondary N) is 1. The molecule has 0 unspecified atom stereocenters. The van der Waals surface area contributed by atoms with Gasteiger partial charge in [-0.2, -0.15) is 0 Å². The normalized spacial score (nSPS) is 10.8. The van der Waals surface area contributed by atoms with Gasteiger partial charge in [-0.15, -0.1) is 0 Å². The van der Waals surface area contributed by atoms with Crippen LogP contribution in [0.25, 0.3) is 0 Å². The second-order valence-corrected chi connectivity index (χ2v) is 7.26. The summed E-state index contributed by atoms with van der Waals surface area (Å²) in [6.45, 7) is 6.94. The van der Waals surface area contributed by atoms with Gasteiger partial charge in [-0.3, -0.25) is 9.69 Å². The molecule has 1 N–H and O–H groups in total. The zero-order chi connectivity index (χ0) is 21.1. The molecule has 6 nitrogen and oxygen atoms in total. The number of carbonyl (C=O) groups excluding carboxylic acids is 1. The lowest BCUT2D eigenvalue weighted by atomic mass is 10.2. The van der Waals surface area contributed by atoms with Gasteiger partial charge in [0.1, 0.15) is 12.4 Å². The van der Waals surface area contributed by atoms with E-state index in [1.807, 2.05) is 30.3 Å². The van der Waals surface area contributed by atoms with Crippen LogP contribution in [0.1, 0.15) is 19.4 Å². The van der Waals surface area contributed by atoms with Crippen molar-refractivity contribution in [1.82, 2.24) is 10.2 Å². The zero-order valence-electron chi connectivity index (χ0n) is 17.8. The van der Waals surface area contributed by atoms with Crippen LogP contribution in [0.3, 0.4) is 0 Å². The maximum atomic E-state index is 12.3. The maximum absolute atomic E-state index is 12.3. The van der Waals surface area contributed by atoms with Crippen LogP contribution in [-0.2, 0) is 11.3 Å². The molecule has 0 bridgehead atoms. The molecule has 2 aromatic carbocycles. The monoisotopic (exact) mass is 400 g/mol. The van der Waals surface area contributed by atoms with Gasteiger partial charge in [0.25, 0.3) is 0 Å². The van der Waals surface area contributed by atoms with E-state index >= 15 is 0 Å². The molecule has 2 rings (SSSR count). The van der Waals surface area contributed by atoms with E-state index in [1.165, 1.54) is 0 Å². The molecule has 0 radical (unpaired) electrons. The lowest BCUT2D eigenvalue weighted by molar-refractivity contribution is -0.122. The fraction of sp³-hybridized carbons (Fsp3) is 0.435. The number of hydrogen-bond donors (Lipinski definition) is 1. The number of ether oxygens (including phenoxy) is 3. The minimum absolute atomic E-state index is 0.0285. The molecule has 0 aliphatic heterocycles. The quantitative estimate of drug-likeness (QED) is 0.592. The molecule has 158 valence electrons. The van der Waals surface area contributed by atoms with Crippen molar-refractivity contribution in [3.8, 4) is 17.2 Å². The number of methoxy groups -OCH3 is 2. The third kappa shape index (κ3) is 8.03. The number of benzene rings is 2. The number of rotatable bonds is 12. The second kappa shape index (κ2) is 12.0. The molecular formula is C23H32N2O4. The van der Waals surface area contributed by atoms with Crippen molar-refractivity contribution in [1.29, 1.82) is 0 Å². The largest absolute Gasteiger partial charge is 0.493 e. The fourth-order valence-electron chi connectivity index (χ4n) is 2.83. The summed E-state index contributed by atoms with van der Waals surface area (Å²) in [5, 5.41) is 2.98. The summed E-state index contributed by atoms with van der Waals surface area (Å²) in [7, 11) is 3.20. The van der Waals surface area contributed by atoms with E-state index < -0.39 is 0 Å². The minimum Gasteiger partial charge on any atom is -0.493 e. The van der Waals surface area contributed by atoms with Crippen LogP contribution in [-0.4, -0.2) is 51.3 Å². The lowest BCUT2D eigenvalue weighted by Gasteiger charge is -2.22. The van der Waals surface area contributed by atoms with Crippen molar-refractivity contribution in [2.45, 2.75) is 20.4 Å². The van der Waals surface area contributed by atoms with Gasteiger partial charge in [0.05, 0.1) is 20.8 Å². The van der Waals surface area contributed by atoms with Gasteiger partial charge < -0.3 is 19.5 Å². The highest BCUT2D eigenvalue weighted by atomic mass is 16.5. The minimum atomic E-state index is 0.0285. The van der Waals surface area contributed by atoms with Crippen molar-refractivity contribution in [3.05, 3.63) is 54.1 Å². The number of nitrogens with zero attached hydrogens (tertiary/aromatic N) is 1. The molecule has 0 saturated carbocycles. The van der Waals surface area contributed by atoms with Crippen LogP contribution in [0.15, 0.2) is 48.5 Å². The SMILES string of the molecule is COc1ccc(OCCN(CC(=O)NCC(C)C)Cc2ccccc2)cc1OC. The van der Waals surface area contributed by atoms with E-state index in [0.717, 1.165) is 5.56 Å². The molecule has 29 heavy (non-hydrogen) atoms. The van der Waals surface area contributed by atoms with Crippen molar-refractivity contribution in [2.24, 2.45) is 5.92 Å². The predicted molar refractivity (Wildman–Crippen MR) is 115 cm³/mol. The highest BCUT2D eigenvalue weighted by molar-refractivity contribution is 5.78. The zero-order valence-corrected chi connectivity index (χ0v) is 17.8. The van der Waals surface area contributed by atoms with Gasteiger partial charge in [0.2, 0.25) is 5.91 Å². The molecule has 0 aromatic heterocycles. The average Bonchev–Trinajstić information content (AvgIpc) is 2.72. The van der Waals surface area contributed by atoms with E-state index in [4.69, 9.17) is 14.2 Å². The first-order valence-corrected chi connectivity index (χ1v) is 9.89. The molecule has 0 aliphatic carbocycles. The van der Waals surface area contributed by atoms with Crippen molar-refractivity contribution < 1.29 is 19.0 Å². The number of hydrogen-bond acceptors (Lipinski definition) is 5. The molecular weight excluding hydrogens is 368 g/mol. The first-order valence-electron chi connectivity index (χ1n) is 9.89. The standard InChI is InChI=1S/C23H32N2O4/c1-18(2)15-24-23(26)17-25(16-19-8-6-5-7-9-19)12-13-29-20-10-11-21(27-3)22(14-20)28-4/h5-11,14,18H,12-13,15-17H2,1-4H3,(H,24,26). The Morgan fingerprint density at radius 2 is 1.76 bits per heavy atom. The van der Waals surface area contributed by atoms with Gasteiger partial charge in [-0.05, 0) is 23.6 Å². The van der Waals surface area contributed by atoms with E-state index in [2.05, 4.69) is 36.2 Å². The van der Waals surface area contributed by atoms with Gasteiger partial charge in [-0.25, -0.2) is 0 Å². The summed E-state index contributed by atoms with van der Waals surface area (Å²) in [6.07, 6.45) is 0. The first kappa shape index (κ1) is 22.6. The molecule has 0 atom stereocenters. The predicted octanol–water partition coefficient (Wildman–Crippen LogP) is 3.36. The van der Waals surface area contributed by atoms with E-state index in [0.29, 0.717) is 56.0 Å². The van der Waals surface area contributed by atoms with E-state index in [9.17, 15) is 4.79 Å². The summed E-state index contributed by atoms with van der Waals surface area (Å²) < 4.78 is 16.5. The number of amides is 1. The van der Waals surface area contributed by atoms with Gasteiger partial charge in [0, 0.05) is 25.7 Å². The molecule has 1 amide bonds. The topological polar surface area (TPSA) is 60.0 Å². The van der Waals surface area contributed by atoms with Gasteiger partial charge in [0.15, 0.2) is 11.5 Å². The molecule has 6 heteroatoms. The fourth-order valence-corrected chi connectivity index (χ4v) is 2.83. The Balaban J connectivity index is 1.94. The van der Waals surface area contributed by atoms with Crippen LogP contribution >= 0.6 is 0 Å². The smallest absolute Gasteiger partial charge is 0.234 e. The Morgan fingerprint density at radius 1 is 1.03 bits per heavy atom. The molecule has 0 saturated heterocycles. The Morgan fingerprint density at radius 3 is 2.41 bits per heavy atom. The summed E-state index contributed by atoms with van der Waals surface area (Å²) in [4.78, 5) is 14.4. The summed E-state index contributed by atoms with van der Waals surface area (Å²) in [5.74, 6) is 2.44.